The molecular weight excluding hydrogens is 228 g/mol. The number of benzene rings is 1. The predicted molar refractivity (Wildman–Crippen MR) is 70.9 cm³/mol. The zero-order chi connectivity index (χ0) is 12.8. The van der Waals surface area contributed by atoms with Gasteiger partial charge in [-0.15, -0.1) is 0 Å². The Hall–Kier alpha value is -1.52. The number of aromatic nitrogens is 1. The number of fused-ring (bicyclic) bond motifs is 3. The standard InChI is InChI=1S/C14H18N2O2/c1-14(8-15)13-11(5-6-18-14)10-4-3-9(17-2)7-12(10)16-13/h3-4,7,16H,5-6,8,15H2,1-2H3. The molecular formula is C14H18N2O2. The third-order valence-corrected chi connectivity index (χ3v) is 3.80. The van der Waals surface area contributed by atoms with Crippen LogP contribution in [0, 0.1) is 0 Å². The average molecular weight is 246 g/mol. The molecule has 0 saturated heterocycles. The number of ether oxygens (including phenoxy) is 2. The SMILES string of the molecule is COc1ccc2c3c([nH]c2c1)C(C)(CN)OCC3. The van der Waals surface area contributed by atoms with Crippen LogP contribution in [0.3, 0.4) is 0 Å². The first-order valence-electron chi connectivity index (χ1n) is 6.21. The van der Waals surface area contributed by atoms with Crippen molar-refractivity contribution in [3.8, 4) is 5.75 Å². The molecule has 1 aliphatic rings. The lowest BCUT2D eigenvalue weighted by molar-refractivity contribution is -0.0414. The average Bonchev–Trinajstić information content (AvgIpc) is 2.78. The Morgan fingerprint density at radius 1 is 1.50 bits per heavy atom. The van der Waals surface area contributed by atoms with Crippen LogP contribution in [0.1, 0.15) is 18.2 Å². The number of hydrogen-bond acceptors (Lipinski definition) is 3. The van der Waals surface area contributed by atoms with Gasteiger partial charge in [-0.05, 0) is 31.0 Å². The highest BCUT2D eigenvalue weighted by Crippen LogP contribution is 2.37. The second kappa shape index (κ2) is 4.00. The first-order valence-corrected chi connectivity index (χ1v) is 6.21. The van der Waals surface area contributed by atoms with Crippen molar-refractivity contribution in [1.29, 1.82) is 0 Å². The number of H-pyrrole nitrogens is 1. The minimum Gasteiger partial charge on any atom is -0.497 e. The zero-order valence-electron chi connectivity index (χ0n) is 10.7. The monoisotopic (exact) mass is 246 g/mol. The number of hydrogen-bond donors (Lipinski definition) is 2. The molecule has 1 aliphatic heterocycles. The number of rotatable bonds is 2. The predicted octanol–water partition coefficient (Wildman–Crippen LogP) is 1.92. The fourth-order valence-corrected chi connectivity index (χ4v) is 2.68. The van der Waals surface area contributed by atoms with Crippen molar-refractivity contribution in [3.05, 3.63) is 29.5 Å². The minimum atomic E-state index is -0.403. The lowest BCUT2D eigenvalue weighted by Crippen LogP contribution is -2.39. The van der Waals surface area contributed by atoms with Crippen LogP contribution in [0.25, 0.3) is 10.9 Å². The summed E-state index contributed by atoms with van der Waals surface area (Å²) in [5, 5.41) is 1.24. The summed E-state index contributed by atoms with van der Waals surface area (Å²) in [5.74, 6) is 0.858. The fourth-order valence-electron chi connectivity index (χ4n) is 2.68. The molecule has 0 fully saturated rings. The van der Waals surface area contributed by atoms with Gasteiger partial charge in [0, 0.05) is 23.5 Å². The van der Waals surface area contributed by atoms with Gasteiger partial charge in [-0.3, -0.25) is 0 Å². The van der Waals surface area contributed by atoms with Crippen molar-refractivity contribution in [2.24, 2.45) is 5.73 Å². The van der Waals surface area contributed by atoms with Crippen LogP contribution in [-0.4, -0.2) is 25.2 Å². The molecule has 4 heteroatoms. The van der Waals surface area contributed by atoms with Gasteiger partial charge in [-0.1, -0.05) is 0 Å². The maximum atomic E-state index is 5.86. The Balaban J connectivity index is 2.23. The lowest BCUT2D eigenvalue weighted by atomic mass is 9.93. The molecule has 3 N–H and O–H groups in total. The van der Waals surface area contributed by atoms with Crippen LogP contribution in [0.2, 0.25) is 0 Å². The Morgan fingerprint density at radius 2 is 2.33 bits per heavy atom. The van der Waals surface area contributed by atoms with Gasteiger partial charge in [0.15, 0.2) is 0 Å². The Bertz CT molecular complexity index is 591. The summed E-state index contributed by atoms with van der Waals surface area (Å²) in [6.07, 6.45) is 0.928. The molecule has 1 atom stereocenters. The van der Waals surface area contributed by atoms with E-state index in [9.17, 15) is 0 Å². The topological polar surface area (TPSA) is 60.3 Å². The van der Waals surface area contributed by atoms with Gasteiger partial charge in [0.2, 0.25) is 0 Å². The van der Waals surface area contributed by atoms with Crippen LogP contribution >= 0.6 is 0 Å². The third kappa shape index (κ3) is 1.53. The Morgan fingerprint density at radius 3 is 3.06 bits per heavy atom. The number of methoxy groups -OCH3 is 1. The smallest absolute Gasteiger partial charge is 0.120 e. The summed E-state index contributed by atoms with van der Waals surface area (Å²) in [4.78, 5) is 3.45. The van der Waals surface area contributed by atoms with E-state index in [4.69, 9.17) is 15.2 Å². The summed E-state index contributed by atoms with van der Waals surface area (Å²) < 4.78 is 11.1. The van der Waals surface area contributed by atoms with Gasteiger partial charge >= 0.3 is 0 Å². The summed E-state index contributed by atoms with van der Waals surface area (Å²) in [7, 11) is 1.68. The van der Waals surface area contributed by atoms with Crippen molar-refractivity contribution in [2.45, 2.75) is 18.9 Å². The maximum Gasteiger partial charge on any atom is 0.120 e. The van der Waals surface area contributed by atoms with Crippen LogP contribution in [0.4, 0.5) is 0 Å². The molecule has 3 rings (SSSR count). The van der Waals surface area contributed by atoms with E-state index in [1.165, 1.54) is 10.9 Å². The van der Waals surface area contributed by atoms with Crippen molar-refractivity contribution >= 4 is 10.9 Å². The van der Waals surface area contributed by atoms with Crippen LogP contribution in [-0.2, 0) is 16.8 Å². The molecule has 0 aliphatic carbocycles. The van der Waals surface area contributed by atoms with Gasteiger partial charge in [-0.25, -0.2) is 0 Å². The van der Waals surface area contributed by atoms with Crippen molar-refractivity contribution in [3.63, 3.8) is 0 Å². The van der Waals surface area contributed by atoms with E-state index in [1.807, 2.05) is 19.1 Å². The molecule has 0 spiro atoms. The second-order valence-corrected chi connectivity index (χ2v) is 4.92. The number of aromatic amines is 1. The normalized spacial score (nSPS) is 23.1. The molecule has 96 valence electrons. The molecule has 4 nitrogen and oxygen atoms in total. The summed E-state index contributed by atoms with van der Waals surface area (Å²) in [5.41, 5.74) is 8.98. The largest absolute Gasteiger partial charge is 0.497 e. The van der Waals surface area contributed by atoms with Gasteiger partial charge in [-0.2, -0.15) is 0 Å². The van der Waals surface area contributed by atoms with E-state index in [-0.39, 0.29) is 0 Å². The first-order chi connectivity index (χ1) is 8.68. The van der Waals surface area contributed by atoms with E-state index in [0.717, 1.165) is 30.0 Å². The maximum absolute atomic E-state index is 5.86. The number of nitrogens with two attached hydrogens (primary N) is 1. The van der Waals surface area contributed by atoms with Crippen LogP contribution in [0.5, 0.6) is 5.75 Å². The molecule has 18 heavy (non-hydrogen) atoms. The number of nitrogens with one attached hydrogen (secondary N) is 1. The highest BCUT2D eigenvalue weighted by molar-refractivity contribution is 5.86. The fraction of sp³-hybridized carbons (Fsp3) is 0.429. The summed E-state index contributed by atoms with van der Waals surface area (Å²) >= 11 is 0. The molecule has 1 aromatic carbocycles. The zero-order valence-corrected chi connectivity index (χ0v) is 10.7. The first kappa shape index (κ1) is 11.6. The van der Waals surface area contributed by atoms with Crippen molar-refractivity contribution in [2.75, 3.05) is 20.3 Å². The minimum absolute atomic E-state index is 0.403. The van der Waals surface area contributed by atoms with E-state index >= 15 is 0 Å². The van der Waals surface area contributed by atoms with Crippen LogP contribution in [0.15, 0.2) is 18.2 Å². The molecule has 1 unspecified atom stereocenters. The summed E-state index contributed by atoms with van der Waals surface area (Å²) in [6, 6.07) is 6.11. The molecule has 0 amide bonds. The van der Waals surface area contributed by atoms with E-state index in [1.54, 1.807) is 7.11 Å². The van der Waals surface area contributed by atoms with E-state index in [2.05, 4.69) is 11.1 Å². The van der Waals surface area contributed by atoms with E-state index in [0.29, 0.717) is 6.54 Å². The Kier molecular flexibility index (Phi) is 2.57. The summed E-state index contributed by atoms with van der Waals surface area (Å²) in [6.45, 7) is 3.24. The quantitative estimate of drug-likeness (QED) is 0.851. The molecule has 0 radical (unpaired) electrons. The van der Waals surface area contributed by atoms with Gasteiger partial charge in [0.1, 0.15) is 11.4 Å². The van der Waals surface area contributed by atoms with Gasteiger partial charge < -0.3 is 20.2 Å². The van der Waals surface area contributed by atoms with Crippen LogP contribution < -0.4 is 10.5 Å². The molecule has 1 aromatic heterocycles. The van der Waals surface area contributed by atoms with Crippen molar-refractivity contribution in [1.82, 2.24) is 4.98 Å². The third-order valence-electron chi connectivity index (χ3n) is 3.80. The highest BCUT2D eigenvalue weighted by Gasteiger charge is 2.34. The molecule has 0 bridgehead atoms. The molecule has 2 aromatic rings. The van der Waals surface area contributed by atoms with E-state index < -0.39 is 5.60 Å². The highest BCUT2D eigenvalue weighted by atomic mass is 16.5. The van der Waals surface area contributed by atoms with Crippen molar-refractivity contribution < 1.29 is 9.47 Å². The molecule has 2 heterocycles. The van der Waals surface area contributed by atoms with Gasteiger partial charge in [0.25, 0.3) is 0 Å². The van der Waals surface area contributed by atoms with Gasteiger partial charge in [0.05, 0.1) is 19.4 Å². The second-order valence-electron chi connectivity index (χ2n) is 4.92. The lowest BCUT2D eigenvalue weighted by Gasteiger charge is -2.32. The molecule has 0 saturated carbocycles. The Labute approximate surface area is 106 Å².